The minimum absolute atomic E-state index is 0. The fourth-order valence-corrected chi connectivity index (χ4v) is 3.01. The standard InChI is InChI=1S/C28H38.2C2H6.CH4/c1-9-26(19-15-24(7)23(6)14-11-21(3)4)27(10-2)20-16-25(8)28-17-12-22(5)13-18-28;2*1-2;/h11-12,14-17,19-20H,3,6,9-10,13,18H2,1-2,4-5,7-8H3;2*1-2H3;1H4/b14-11-,24-15+,25-16+,26-19+,27-20+;;;. The maximum atomic E-state index is 4.15. The van der Waals surface area contributed by atoms with E-state index < -0.39 is 0 Å². The second kappa shape index (κ2) is 21.5. The maximum absolute atomic E-state index is 4.15. The lowest BCUT2D eigenvalue weighted by atomic mass is 9.93. The molecular formula is C33H54. The molecule has 1 aliphatic rings. The highest BCUT2D eigenvalue weighted by Gasteiger charge is 2.05. The predicted octanol–water partition coefficient (Wildman–Crippen LogP) is 11.6. The fraction of sp³-hybridized carbons (Fsp3) is 0.455. The zero-order valence-corrected chi connectivity index (χ0v) is 22.9. The minimum Gasteiger partial charge on any atom is -0.0961 e. The summed E-state index contributed by atoms with van der Waals surface area (Å²) in [4.78, 5) is 0. The van der Waals surface area contributed by atoms with Crippen molar-refractivity contribution in [2.24, 2.45) is 0 Å². The van der Waals surface area contributed by atoms with Crippen LogP contribution in [0.2, 0.25) is 0 Å². The number of hydrogen-bond donors (Lipinski definition) is 0. The Morgan fingerprint density at radius 3 is 1.73 bits per heavy atom. The number of rotatable bonds is 9. The number of allylic oxidation sites excluding steroid dienone is 16. The Kier molecular flexibility index (Phi) is 23.0. The quantitative estimate of drug-likeness (QED) is 0.306. The van der Waals surface area contributed by atoms with E-state index in [-0.39, 0.29) is 7.43 Å². The van der Waals surface area contributed by atoms with Crippen LogP contribution < -0.4 is 0 Å². The molecule has 0 atom stereocenters. The summed E-state index contributed by atoms with van der Waals surface area (Å²) in [6.07, 6.45) is 22.0. The molecule has 0 aromatic heterocycles. The van der Waals surface area contributed by atoms with E-state index in [0.29, 0.717) is 0 Å². The Hall–Kier alpha value is -2.34. The third-order valence-electron chi connectivity index (χ3n) is 5.18. The third kappa shape index (κ3) is 15.2. The molecular weight excluding hydrogens is 396 g/mol. The molecule has 0 heteroatoms. The molecule has 0 bridgehead atoms. The highest BCUT2D eigenvalue weighted by atomic mass is 14.1. The molecule has 0 aromatic rings. The van der Waals surface area contributed by atoms with E-state index in [1.165, 1.54) is 39.9 Å². The fourth-order valence-electron chi connectivity index (χ4n) is 3.01. The maximum Gasteiger partial charge on any atom is -0.0239 e. The van der Waals surface area contributed by atoms with Crippen molar-refractivity contribution in [1.82, 2.24) is 0 Å². The zero-order valence-electron chi connectivity index (χ0n) is 22.9. The van der Waals surface area contributed by atoms with Gasteiger partial charge in [0.1, 0.15) is 0 Å². The van der Waals surface area contributed by atoms with Gasteiger partial charge in [0.2, 0.25) is 0 Å². The summed E-state index contributed by atoms with van der Waals surface area (Å²) >= 11 is 0. The summed E-state index contributed by atoms with van der Waals surface area (Å²) in [7, 11) is 0. The Bertz CT molecular complexity index is 795. The van der Waals surface area contributed by atoms with Gasteiger partial charge in [-0.05, 0) is 86.8 Å². The largest absolute Gasteiger partial charge is 0.0961 e. The predicted molar refractivity (Wildman–Crippen MR) is 158 cm³/mol. The van der Waals surface area contributed by atoms with Gasteiger partial charge in [-0.2, -0.15) is 0 Å². The summed E-state index contributed by atoms with van der Waals surface area (Å²) in [6, 6.07) is 0. The van der Waals surface area contributed by atoms with Crippen LogP contribution in [-0.4, -0.2) is 0 Å². The Labute approximate surface area is 208 Å². The molecule has 1 rings (SSSR count). The van der Waals surface area contributed by atoms with E-state index in [0.717, 1.165) is 30.4 Å². The highest BCUT2D eigenvalue weighted by Crippen LogP contribution is 2.25. The summed E-state index contributed by atoms with van der Waals surface area (Å²) < 4.78 is 0. The van der Waals surface area contributed by atoms with Gasteiger partial charge in [0, 0.05) is 0 Å². The smallest absolute Gasteiger partial charge is 0.0239 e. The van der Waals surface area contributed by atoms with Gasteiger partial charge in [-0.15, -0.1) is 0 Å². The lowest BCUT2D eigenvalue weighted by Gasteiger charge is -2.13. The average Bonchev–Trinajstić information content (AvgIpc) is 2.82. The SMILES string of the molecule is C.C=C(C)/C=C\C(=C)/C(C)=C/C=C(CC)/C(=C/C=C(\C)C1=CC=C(C)CC1)CC.CC.CC. The van der Waals surface area contributed by atoms with Gasteiger partial charge < -0.3 is 0 Å². The van der Waals surface area contributed by atoms with Crippen molar-refractivity contribution in [2.75, 3.05) is 0 Å². The topological polar surface area (TPSA) is 0 Å². The molecule has 0 unspecified atom stereocenters. The molecule has 0 amide bonds. The van der Waals surface area contributed by atoms with Crippen molar-refractivity contribution in [3.63, 3.8) is 0 Å². The Morgan fingerprint density at radius 1 is 0.788 bits per heavy atom. The van der Waals surface area contributed by atoms with Crippen LogP contribution in [0.1, 0.15) is 102 Å². The van der Waals surface area contributed by atoms with Gasteiger partial charge in [0.15, 0.2) is 0 Å². The second-order valence-electron chi connectivity index (χ2n) is 7.70. The molecule has 0 radical (unpaired) electrons. The van der Waals surface area contributed by atoms with Crippen LogP contribution in [0, 0.1) is 0 Å². The van der Waals surface area contributed by atoms with Crippen LogP contribution in [-0.2, 0) is 0 Å². The van der Waals surface area contributed by atoms with Gasteiger partial charge in [-0.3, -0.25) is 0 Å². The summed E-state index contributed by atoms with van der Waals surface area (Å²) in [5.74, 6) is 0. The van der Waals surface area contributed by atoms with Crippen molar-refractivity contribution in [3.8, 4) is 0 Å². The first-order valence-corrected chi connectivity index (χ1v) is 12.4. The first kappa shape index (κ1) is 35.3. The molecule has 0 N–H and O–H groups in total. The van der Waals surface area contributed by atoms with E-state index in [9.17, 15) is 0 Å². The van der Waals surface area contributed by atoms with E-state index >= 15 is 0 Å². The van der Waals surface area contributed by atoms with Crippen LogP contribution in [0.15, 0.2) is 106 Å². The molecule has 0 heterocycles. The van der Waals surface area contributed by atoms with Crippen molar-refractivity contribution in [3.05, 3.63) is 106 Å². The van der Waals surface area contributed by atoms with E-state index in [1.807, 2.05) is 46.8 Å². The zero-order chi connectivity index (χ0) is 25.1. The summed E-state index contributed by atoms with van der Waals surface area (Å²) in [5.41, 5.74) is 10.3. The van der Waals surface area contributed by atoms with Gasteiger partial charge >= 0.3 is 0 Å². The van der Waals surface area contributed by atoms with Gasteiger partial charge in [-0.25, -0.2) is 0 Å². The lowest BCUT2D eigenvalue weighted by Crippen LogP contribution is -1.93. The van der Waals surface area contributed by atoms with Crippen molar-refractivity contribution in [2.45, 2.75) is 102 Å². The number of hydrogen-bond acceptors (Lipinski definition) is 0. The molecule has 186 valence electrons. The third-order valence-corrected chi connectivity index (χ3v) is 5.18. The van der Waals surface area contributed by atoms with Crippen LogP contribution in [0.25, 0.3) is 0 Å². The van der Waals surface area contributed by atoms with Gasteiger partial charge in [0.05, 0.1) is 0 Å². The van der Waals surface area contributed by atoms with Crippen molar-refractivity contribution >= 4 is 0 Å². The average molecular weight is 451 g/mol. The highest BCUT2D eigenvalue weighted by molar-refractivity contribution is 5.44. The lowest BCUT2D eigenvalue weighted by molar-refractivity contribution is 0.912. The molecule has 0 fully saturated rings. The van der Waals surface area contributed by atoms with Crippen LogP contribution in [0.4, 0.5) is 0 Å². The Balaban J connectivity index is -0.00000170. The Morgan fingerprint density at radius 2 is 1.30 bits per heavy atom. The molecule has 0 aromatic carbocycles. The molecule has 0 nitrogen and oxygen atoms in total. The van der Waals surface area contributed by atoms with Crippen molar-refractivity contribution in [1.29, 1.82) is 0 Å². The molecule has 0 aliphatic heterocycles. The molecule has 0 saturated heterocycles. The normalized spacial score (nSPS) is 14.7. The van der Waals surface area contributed by atoms with Gasteiger partial charge in [-0.1, -0.05) is 122 Å². The van der Waals surface area contributed by atoms with E-state index in [4.69, 9.17) is 0 Å². The minimum atomic E-state index is 0. The summed E-state index contributed by atoms with van der Waals surface area (Å²) in [6.45, 7) is 29.0. The molecule has 33 heavy (non-hydrogen) atoms. The summed E-state index contributed by atoms with van der Waals surface area (Å²) in [5, 5.41) is 0. The van der Waals surface area contributed by atoms with Gasteiger partial charge in [0.25, 0.3) is 0 Å². The van der Waals surface area contributed by atoms with Crippen LogP contribution >= 0.6 is 0 Å². The molecule has 1 aliphatic carbocycles. The first-order chi connectivity index (χ1) is 15.3. The second-order valence-corrected chi connectivity index (χ2v) is 7.70. The van der Waals surface area contributed by atoms with E-state index in [2.05, 4.69) is 84.2 Å². The van der Waals surface area contributed by atoms with E-state index in [1.54, 1.807) is 0 Å². The van der Waals surface area contributed by atoms with Crippen LogP contribution in [0.3, 0.4) is 0 Å². The monoisotopic (exact) mass is 450 g/mol. The van der Waals surface area contributed by atoms with Crippen molar-refractivity contribution < 1.29 is 0 Å². The van der Waals surface area contributed by atoms with Crippen LogP contribution in [0.5, 0.6) is 0 Å². The molecule has 0 saturated carbocycles. The molecule has 0 spiro atoms. The first-order valence-electron chi connectivity index (χ1n) is 12.4.